The van der Waals surface area contributed by atoms with Crippen LogP contribution in [-0.4, -0.2) is 29.2 Å². The number of hydrogen-bond acceptors (Lipinski definition) is 4. The number of rotatable bonds is 3. The molecule has 0 bridgehead atoms. The lowest BCUT2D eigenvalue weighted by Gasteiger charge is -2.18. The van der Waals surface area contributed by atoms with Crippen LogP contribution in [0.25, 0.3) is 0 Å². The Labute approximate surface area is 113 Å². The molecule has 0 spiro atoms. The highest BCUT2D eigenvalue weighted by molar-refractivity contribution is 6.29. The average Bonchev–Trinajstić information content (AvgIpc) is 2.77. The van der Waals surface area contributed by atoms with Gasteiger partial charge >= 0.3 is 0 Å². The quantitative estimate of drug-likeness (QED) is 0.857. The lowest BCUT2D eigenvalue weighted by atomic mass is 9.96. The van der Waals surface area contributed by atoms with Gasteiger partial charge in [-0.3, -0.25) is 0 Å². The van der Waals surface area contributed by atoms with Crippen LogP contribution >= 0.6 is 11.6 Å². The normalized spacial score (nSPS) is 20.1. The van der Waals surface area contributed by atoms with E-state index in [4.69, 9.17) is 16.3 Å². The second-order valence-electron chi connectivity index (χ2n) is 5.67. The molecule has 0 unspecified atom stereocenters. The fraction of sp³-hybridized carbons (Fsp3) is 0.692. The zero-order valence-electron chi connectivity index (χ0n) is 11.2. The van der Waals surface area contributed by atoms with Gasteiger partial charge in [-0.1, -0.05) is 32.4 Å². The average molecular weight is 270 g/mol. The largest absolute Gasteiger partial charge is 0.376 e. The maximum absolute atomic E-state index is 6.03. The summed E-state index contributed by atoms with van der Waals surface area (Å²) in [6, 6.07) is 1.76. The molecule has 1 aromatic heterocycles. The molecule has 18 heavy (non-hydrogen) atoms. The summed E-state index contributed by atoms with van der Waals surface area (Å²) in [5, 5.41) is 3.76. The number of nitrogens with one attached hydrogen (secondary N) is 1. The molecule has 2 rings (SSSR count). The molecule has 4 nitrogen and oxygen atoms in total. The van der Waals surface area contributed by atoms with Crippen molar-refractivity contribution in [2.75, 3.05) is 18.5 Å². The van der Waals surface area contributed by atoms with Gasteiger partial charge in [-0.2, -0.15) is 0 Å². The van der Waals surface area contributed by atoms with Gasteiger partial charge in [0.15, 0.2) is 0 Å². The van der Waals surface area contributed by atoms with E-state index in [1.54, 1.807) is 6.07 Å². The van der Waals surface area contributed by atoms with Crippen molar-refractivity contribution in [2.45, 2.75) is 45.1 Å². The second kappa shape index (κ2) is 5.41. The Bertz CT molecular complexity index is 411. The maximum atomic E-state index is 6.03. The molecule has 0 aromatic carbocycles. The lowest BCUT2D eigenvalue weighted by Crippen LogP contribution is -2.21. The minimum Gasteiger partial charge on any atom is -0.376 e. The van der Waals surface area contributed by atoms with Crippen molar-refractivity contribution in [1.29, 1.82) is 0 Å². The van der Waals surface area contributed by atoms with Gasteiger partial charge in [0, 0.05) is 24.6 Å². The predicted molar refractivity (Wildman–Crippen MR) is 73.2 cm³/mol. The van der Waals surface area contributed by atoms with Gasteiger partial charge in [0.25, 0.3) is 0 Å². The summed E-state index contributed by atoms with van der Waals surface area (Å²) in [6.07, 6.45) is 2.54. The van der Waals surface area contributed by atoms with E-state index in [-0.39, 0.29) is 11.5 Å². The fourth-order valence-electron chi connectivity index (χ4n) is 1.87. The molecule has 0 radical (unpaired) electrons. The molecule has 1 aliphatic rings. The van der Waals surface area contributed by atoms with Crippen molar-refractivity contribution >= 4 is 17.4 Å². The first-order valence-electron chi connectivity index (χ1n) is 6.36. The Balaban J connectivity index is 2.05. The Morgan fingerprint density at radius 3 is 2.83 bits per heavy atom. The third kappa shape index (κ3) is 3.56. The van der Waals surface area contributed by atoms with Crippen LogP contribution in [-0.2, 0) is 10.2 Å². The van der Waals surface area contributed by atoms with Crippen molar-refractivity contribution < 1.29 is 4.74 Å². The molecule has 0 saturated carbocycles. The third-order valence-electron chi connectivity index (χ3n) is 2.90. The predicted octanol–water partition coefficient (Wildman–Crippen LogP) is 3.02. The number of aromatic nitrogens is 2. The van der Waals surface area contributed by atoms with Gasteiger partial charge in [-0.05, 0) is 12.8 Å². The first-order chi connectivity index (χ1) is 8.45. The van der Waals surface area contributed by atoms with Gasteiger partial charge in [0.05, 0.1) is 6.10 Å². The molecule has 100 valence electrons. The molecule has 1 aromatic rings. The molecule has 2 heterocycles. The van der Waals surface area contributed by atoms with E-state index >= 15 is 0 Å². The number of anilines is 1. The summed E-state index contributed by atoms with van der Waals surface area (Å²) in [5.74, 6) is 1.53. The minimum atomic E-state index is -0.106. The highest BCUT2D eigenvalue weighted by Crippen LogP contribution is 2.22. The topological polar surface area (TPSA) is 47.0 Å². The molecule has 1 atom stereocenters. The van der Waals surface area contributed by atoms with E-state index in [1.165, 1.54) is 0 Å². The monoisotopic (exact) mass is 269 g/mol. The Hall–Kier alpha value is -0.870. The first-order valence-corrected chi connectivity index (χ1v) is 6.73. The Morgan fingerprint density at radius 1 is 1.44 bits per heavy atom. The van der Waals surface area contributed by atoms with Crippen LogP contribution in [0.5, 0.6) is 0 Å². The van der Waals surface area contributed by atoms with E-state index in [1.807, 2.05) is 0 Å². The van der Waals surface area contributed by atoms with Crippen molar-refractivity contribution in [3.05, 3.63) is 17.0 Å². The SMILES string of the molecule is CC(C)(C)c1nc(Cl)cc(NC[C@@H]2CCCO2)n1. The van der Waals surface area contributed by atoms with E-state index < -0.39 is 0 Å². The zero-order valence-corrected chi connectivity index (χ0v) is 11.9. The summed E-state index contributed by atoms with van der Waals surface area (Å²) in [5.41, 5.74) is -0.106. The molecule has 1 aliphatic heterocycles. The van der Waals surface area contributed by atoms with Gasteiger partial charge in [-0.25, -0.2) is 9.97 Å². The molecular formula is C13H20ClN3O. The van der Waals surface area contributed by atoms with Crippen LogP contribution in [0.1, 0.15) is 39.4 Å². The van der Waals surface area contributed by atoms with E-state index in [0.717, 1.165) is 37.6 Å². The smallest absolute Gasteiger partial charge is 0.137 e. The van der Waals surface area contributed by atoms with Crippen molar-refractivity contribution in [1.82, 2.24) is 9.97 Å². The van der Waals surface area contributed by atoms with E-state index in [0.29, 0.717) is 5.15 Å². The number of nitrogens with zero attached hydrogens (tertiary/aromatic N) is 2. The first kappa shape index (κ1) is 13.6. The number of ether oxygens (including phenoxy) is 1. The molecule has 0 amide bonds. The molecule has 1 fully saturated rings. The lowest BCUT2D eigenvalue weighted by molar-refractivity contribution is 0.120. The molecule has 1 saturated heterocycles. The fourth-order valence-corrected chi connectivity index (χ4v) is 2.05. The summed E-state index contributed by atoms with van der Waals surface area (Å²) in [7, 11) is 0. The summed E-state index contributed by atoms with van der Waals surface area (Å²) < 4.78 is 5.56. The third-order valence-corrected chi connectivity index (χ3v) is 3.09. The van der Waals surface area contributed by atoms with Crippen LogP contribution in [0.4, 0.5) is 5.82 Å². The molecule has 0 aliphatic carbocycles. The van der Waals surface area contributed by atoms with Gasteiger partial charge in [0.1, 0.15) is 16.8 Å². The maximum Gasteiger partial charge on any atom is 0.137 e. The van der Waals surface area contributed by atoms with E-state index in [9.17, 15) is 0 Å². The highest BCUT2D eigenvalue weighted by Gasteiger charge is 2.20. The summed E-state index contributed by atoms with van der Waals surface area (Å²) in [6.45, 7) is 7.86. The van der Waals surface area contributed by atoms with E-state index in [2.05, 4.69) is 36.1 Å². The Kier molecular flexibility index (Phi) is 4.07. The molecule has 5 heteroatoms. The standard InChI is InChI=1S/C13H20ClN3O/c1-13(2,3)12-16-10(14)7-11(17-12)15-8-9-5-4-6-18-9/h7,9H,4-6,8H2,1-3H3,(H,15,16,17)/t9-/m0/s1. The van der Waals surface area contributed by atoms with Crippen LogP contribution < -0.4 is 5.32 Å². The van der Waals surface area contributed by atoms with Crippen molar-refractivity contribution in [2.24, 2.45) is 0 Å². The molecule has 1 N–H and O–H groups in total. The van der Waals surface area contributed by atoms with Crippen LogP contribution in [0.15, 0.2) is 6.07 Å². The zero-order chi connectivity index (χ0) is 13.2. The van der Waals surface area contributed by atoms with Gasteiger partial charge in [-0.15, -0.1) is 0 Å². The summed E-state index contributed by atoms with van der Waals surface area (Å²) in [4.78, 5) is 8.77. The Morgan fingerprint density at radius 2 is 2.22 bits per heavy atom. The van der Waals surface area contributed by atoms with Crippen LogP contribution in [0.2, 0.25) is 5.15 Å². The summed E-state index contributed by atoms with van der Waals surface area (Å²) >= 11 is 6.03. The minimum absolute atomic E-state index is 0.106. The van der Waals surface area contributed by atoms with Crippen LogP contribution in [0.3, 0.4) is 0 Å². The van der Waals surface area contributed by atoms with Crippen molar-refractivity contribution in [3.63, 3.8) is 0 Å². The van der Waals surface area contributed by atoms with Gasteiger partial charge in [0.2, 0.25) is 0 Å². The number of hydrogen-bond donors (Lipinski definition) is 1. The molecular weight excluding hydrogens is 250 g/mol. The second-order valence-corrected chi connectivity index (χ2v) is 6.05. The van der Waals surface area contributed by atoms with Crippen molar-refractivity contribution in [3.8, 4) is 0 Å². The number of halogens is 1. The highest BCUT2D eigenvalue weighted by atomic mass is 35.5. The van der Waals surface area contributed by atoms with Crippen LogP contribution in [0, 0.1) is 0 Å². The van der Waals surface area contributed by atoms with Gasteiger partial charge < -0.3 is 10.1 Å².